The van der Waals surface area contributed by atoms with Crippen molar-refractivity contribution < 1.29 is 4.79 Å². The normalized spacial score (nSPS) is 14.5. The summed E-state index contributed by atoms with van der Waals surface area (Å²) >= 11 is 0. The average molecular weight is 228 g/mol. The molecule has 0 radical (unpaired) electrons. The lowest BCUT2D eigenvalue weighted by atomic mass is 9.91. The number of hydrogen-bond donors (Lipinski definition) is 1. The first-order valence-corrected chi connectivity index (χ1v) is 5.74. The van der Waals surface area contributed by atoms with Gasteiger partial charge in [-0.1, -0.05) is 25.1 Å². The van der Waals surface area contributed by atoms with Crippen LogP contribution in [0.15, 0.2) is 36.7 Å². The summed E-state index contributed by atoms with van der Waals surface area (Å²) in [7, 11) is 0. The average Bonchev–Trinajstić information content (AvgIpc) is 2.36. The van der Waals surface area contributed by atoms with Gasteiger partial charge in [0.15, 0.2) is 5.78 Å². The van der Waals surface area contributed by atoms with Gasteiger partial charge in [0, 0.05) is 35.3 Å². The highest BCUT2D eigenvalue weighted by Crippen LogP contribution is 2.21. The van der Waals surface area contributed by atoms with Crippen LogP contribution in [0.25, 0.3) is 10.8 Å². The Morgan fingerprint density at radius 1 is 1.29 bits per heavy atom. The second-order valence-electron chi connectivity index (χ2n) is 4.41. The molecule has 1 aromatic carbocycles. The zero-order valence-corrected chi connectivity index (χ0v) is 10.1. The summed E-state index contributed by atoms with van der Waals surface area (Å²) in [5.41, 5.74) is 6.49. The zero-order chi connectivity index (χ0) is 12.4. The van der Waals surface area contributed by atoms with E-state index in [1.54, 1.807) is 12.4 Å². The quantitative estimate of drug-likeness (QED) is 0.821. The van der Waals surface area contributed by atoms with Crippen LogP contribution in [0.2, 0.25) is 0 Å². The maximum Gasteiger partial charge on any atom is 0.167 e. The molecule has 2 atom stereocenters. The van der Waals surface area contributed by atoms with Crippen molar-refractivity contribution in [1.29, 1.82) is 0 Å². The smallest absolute Gasteiger partial charge is 0.167 e. The topological polar surface area (TPSA) is 56.0 Å². The number of rotatable bonds is 3. The Labute approximate surface area is 101 Å². The highest BCUT2D eigenvalue weighted by atomic mass is 16.1. The number of benzene rings is 1. The van der Waals surface area contributed by atoms with Gasteiger partial charge in [0.05, 0.1) is 0 Å². The van der Waals surface area contributed by atoms with Gasteiger partial charge in [-0.05, 0) is 18.4 Å². The summed E-state index contributed by atoms with van der Waals surface area (Å²) in [5, 5.41) is 1.93. The monoisotopic (exact) mass is 228 g/mol. The molecule has 0 bridgehead atoms. The minimum atomic E-state index is -0.180. The van der Waals surface area contributed by atoms with Gasteiger partial charge >= 0.3 is 0 Å². The largest absolute Gasteiger partial charge is 0.327 e. The first-order chi connectivity index (χ1) is 8.11. The third-order valence-electron chi connectivity index (χ3n) is 3.15. The number of ketones is 1. The van der Waals surface area contributed by atoms with E-state index >= 15 is 0 Å². The number of Topliss-reactive ketones (excluding diaryl/α,β-unsaturated/α-hetero) is 1. The van der Waals surface area contributed by atoms with Crippen LogP contribution in [0, 0.1) is 5.92 Å². The Morgan fingerprint density at radius 2 is 2.06 bits per heavy atom. The molecule has 0 fully saturated rings. The molecule has 88 valence electrons. The van der Waals surface area contributed by atoms with Crippen molar-refractivity contribution in [2.24, 2.45) is 11.7 Å². The molecule has 1 heterocycles. The molecule has 0 spiro atoms. The van der Waals surface area contributed by atoms with Gasteiger partial charge in [0.2, 0.25) is 0 Å². The highest BCUT2D eigenvalue weighted by molar-refractivity contribution is 6.08. The second-order valence-corrected chi connectivity index (χ2v) is 4.41. The molecule has 2 N–H and O–H groups in total. The maximum atomic E-state index is 12.3. The second kappa shape index (κ2) is 4.63. The third kappa shape index (κ3) is 2.19. The van der Waals surface area contributed by atoms with Gasteiger partial charge < -0.3 is 5.73 Å². The van der Waals surface area contributed by atoms with E-state index in [9.17, 15) is 4.79 Å². The minimum absolute atomic E-state index is 0.0820. The van der Waals surface area contributed by atoms with E-state index in [4.69, 9.17) is 5.73 Å². The molecule has 0 aliphatic heterocycles. The first-order valence-electron chi connectivity index (χ1n) is 5.74. The van der Waals surface area contributed by atoms with Gasteiger partial charge in [0.1, 0.15) is 0 Å². The molecule has 0 amide bonds. The van der Waals surface area contributed by atoms with Crippen LogP contribution in [0.3, 0.4) is 0 Å². The molecule has 0 aliphatic rings. The van der Waals surface area contributed by atoms with Crippen molar-refractivity contribution in [3.8, 4) is 0 Å². The summed E-state index contributed by atoms with van der Waals surface area (Å²) in [4.78, 5) is 16.4. The van der Waals surface area contributed by atoms with Crippen LogP contribution in [0.4, 0.5) is 0 Å². The number of nitrogens with two attached hydrogens (primary N) is 1. The van der Waals surface area contributed by atoms with Crippen molar-refractivity contribution in [2.75, 3.05) is 0 Å². The Kier molecular flexibility index (Phi) is 3.20. The standard InChI is InChI=1S/C14H16N2O/c1-9(10(2)15)14(17)12-5-3-4-11-6-7-16-8-13(11)12/h3-10H,15H2,1-2H3. The number of carbonyl (C=O) groups is 1. The summed E-state index contributed by atoms with van der Waals surface area (Å²) in [6, 6.07) is 7.47. The number of pyridine rings is 1. The Hall–Kier alpha value is -1.74. The number of hydrogen-bond acceptors (Lipinski definition) is 3. The summed E-state index contributed by atoms with van der Waals surface area (Å²) in [6.45, 7) is 3.72. The molecular formula is C14H16N2O. The predicted molar refractivity (Wildman–Crippen MR) is 68.9 cm³/mol. The van der Waals surface area contributed by atoms with Crippen LogP contribution < -0.4 is 5.73 Å². The maximum absolute atomic E-state index is 12.3. The number of fused-ring (bicyclic) bond motifs is 1. The Morgan fingerprint density at radius 3 is 2.76 bits per heavy atom. The van der Waals surface area contributed by atoms with Crippen molar-refractivity contribution in [2.45, 2.75) is 19.9 Å². The molecule has 17 heavy (non-hydrogen) atoms. The molecule has 2 rings (SSSR count). The highest BCUT2D eigenvalue weighted by Gasteiger charge is 2.20. The zero-order valence-electron chi connectivity index (χ0n) is 10.1. The van der Waals surface area contributed by atoms with E-state index in [-0.39, 0.29) is 17.7 Å². The molecule has 0 saturated heterocycles. The van der Waals surface area contributed by atoms with E-state index in [2.05, 4.69) is 4.98 Å². The molecule has 3 nitrogen and oxygen atoms in total. The van der Waals surface area contributed by atoms with E-state index in [0.29, 0.717) is 5.56 Å². The molecule has 0 aliphatic carbocycles. The summed E-state index contributed by atoms with van der Waals surface area (Å²) in [5.74, 6) is -0.0978. The molecule has 3 heteroatoms. The van der Waals surface area contributed by atoms with Gasteiger partial charge in [0.25, 0.3) is 0 Å². The molecule has 2 aromatic rings. The van der Waals surface area contributed by atoms with Gasteiger partial charge in [-0.25, -0.2) is 0 Å². The van der Waals surface area contributed by atoms with E-state index in [1.807, 2.05) is 38.1 Å². The number of carbonyl (C=O) groups excluding carboxylic acids is 1. The fourth-order valence-corrected chi connectivity index (χ4v) is 1.81. The van der Waals surface area contributed by atoms with Crippen LogP contribution in [-0.4, -0.2) is 16.8 Å². The molecule has 0 saturated carbocycles. The van der Waals surface area contributed by atoms with Crippen LogP contribution in [0.1, 0.15) is 24.2 Å². The number of aromatic nitrogens is 1. The van der Waals surface area contributed by atoms with Crippen LogP contribution in [-0.2, 0) is 0 Å². The Bertz CT molecular complexity index is 543. The minimum Gasteiger partial charge on any atom is -0.327 e. The van der Waals surface area contributed by atoms with E-state index in [0.717, 1.165) is 10.8 Å². The molecule has 1 aromatic heterocycles. The summed E-state index contributed by atoms with van der Waals surface area (Å²) in [6.07, 6.45) is 3.46. The van der Waals surface area contributed by atoms with Crippen molar-refractivity contribution in [3.63, 3.8) is 0 Å². The number of nitrogens with zero attached hydrogens (tertiary/aromatic N) is 1. The fourth-order valence-electron chi connectivity index (χ4n) is 1.81. The van der Waals surface area contributed by atoms with E-state index in [1.165, 1.54) is 0 Å². The Balaban J connectivity index is 2.52. The van der Waals surface area contributed by atoms with Gasteiger partial charge in [-0.3, -0.25) is 9.78 Å². The van der Waals surface area contributed by atoms with Crippen molar-refractivity contribution in [1.82, 2.24) is 4.98 Å². The van der Waals surface area contributed by atoms with Crippen LogP contribution in [0.5, 0.6) is 0 Å². The third-order valence-corrected chi connectivity index (χ3v) is 3.15. The fraction of sp³-hybridized carbons (Fsp3) is 0.286. The van der Waals surface area contributed by atoms with E-state index < -0.39 is 0 Å². The van der Waals surface area contributed by atoms with Gasteiger partial charge in [-0.15, -0.1) is 0 Å². The van der Waals surface area contributed by atoms with Gasteiger partial charge in [-0.2, -0.15) is 0 Å². The molecular weight excluding hydrogens is 212 g/mol. The summed E-state index contributed by atoms with van der Waals surface area (Å²) < 4.78 is 0. The SMILES string of the molecule is CC(N)C(C)C(=O)c1cccc2ccncc12. The lowest BCUT2D eigenvalue weighted by Gasteiger charge is -2.15. The molecule has 2 unspecified atom stereocenters. The first kappa shape index (κ1) is 11.7. The predicted octanol–water partition coefficient (Wildman–Crippen LogP) is 2.40. The lowest BCUT2D eigenvalue weighted by molar-refractivity contribution is 0.0919. The van der Waals surface area contributed by atoms with Crippen molar-refractivity contribution >= 4 is 16.6 Å². The van der Waals surface area contributed by atoms with Crippen LogP contribution >= 0.6 is 0 Å². The lowest BCUT2D eigenvalue weighted by Crippen LogP contribution is -2.30. The van der Waals surface area contributed by atoms with Crippen molar-refractivity contribution in [3.05, 3.63) is 42.2 Å².